The summed E-state index contributed by atoms with van der Waals surface area (Å²) in [6.07, 6.45) is 8.53. The highest BCUT2D eigenvalue weighted by molar-refractivity contribution is 5.79. The Morgan fingerprint density at radius 2 is 1.76 bits per heavy atom. The van der Waals surface area contributed by atoms with Crippen molar-refractivity contribution in [2.75, 3.05) is 6.54 Å². The van der Waals surface area contributed by atoms with Crippen molar-refractivity contribution in [2.45, 2.75) is 69.9 Å². The Bertz CT molecular complexity index is 406. The second-order valence-electron chi connectivity index (χ2n) is 7.25. The molecule has 2 unspecified atom stereocenters. The van der Waals surface area contributed by atoms with Crippen LogP contribution in [0.5, 0.6) is 0 Å². The maximum absolute atomic E-state index is 12.1. The molecule has 0 aromatic heterocycles. The van der Waals surface area contributed by atoms with Crippen LogP contribution >= 0.6 is 0 Å². The molecule has 3 rings (SSSR count). The molecular formula is C16H26N2O3. The summed E-state index contributed by atoms with van der Waals surface area (Å²) in [6.45, 7) is 0.305. The predicted octanol–water partition coefficient (Wildman–Crippen LogP) is 1.67. The van der Waals surface area contributed by atoms with Crippen LogP contribution in [0.2, 0.25) is 0 Å². The molecule has 1 aliphatic carbocycles. The van der Waals surface area contributed by atoms with E-state index < -0.39 is 11.4 Å². The summed E-state index contributed by atoms with van der Waals surface area (Å²) in [5.74, 6) is -0.248. The Hall–Kier alpha value is -1.10. The molecule has 1 amide bonds. The minimum absolute atomic E-state index is 0.0359. The van der Waals surface area contributed by atoms with E-state index in [0.717, 1.165) is 25.7 Å². The average Bonchev–Trinajstić information content (AvgIpc) is 3.04. The van der Waals surface area contributed by atoms with Crippen LogP contribution in [0.15, 0.2) is 0 Å². The molecule has 0 spiro atoms. The number of nitrogens with one attached hydrogen (secondary N) is 2. The summed E-state index contributed by atoms with van der Waals surface area (Å²) >= 11 is 0. The molecule has 3 N–H and O–H groups in total. The molecule has 5 nitrogen and oxygen atoms in total. The largest absolute Gasteiger partial charge is 0.481 e. The molecule has 2 bridgehead atoms. The molecule has 0 aromatic rings. The number of fused-ring (bicyclic) bond motifs is 2. The number of hydrogen-bond acceptors (Lipinski definition) is 3. The second-order valence-corrected chi connectivity index (χ2v) is 7.25. The summed E-state index contributed by atoms with van der Waals surface area (Å²) < 4.78 is 0. The minimum Gasteiger partial charge on any atom is -0.481 e. The number of aliphatic carboxylic acids is 1. The summed E-state index contributed by atoms with van der Waals surface area (Å²) in [5.41, 5.74) is -0.706. The van der Waals surface area contributed by atoms with Crippen molar-refractivity contribution in [3.05, 3.63) is 0 Å². The zero-order chi connectivity index (χ0) is 14.9. The zero-order valence-electron chi connectivity index (χ0n) is 12.6. The first-order valence-corrected chi connectivity index (χ1v) is 8.33. The molecule has 2 heterocycles. The van der Waals surface area contributed by atoms with E-state index in [1.807, 2.05) is 0 Å². The van der Waals surface area contributed by atoms with E-state index in [1.165, 1.54) is 12.8 Å². The van der Waals surface area contributed by atoms with Crippen LogP contribution in [-0.4, -0.2) is 35.6 Å². The van der Waals surface area contributed by atoms with Gasteiger partial charge in [0.2, 0.25) is 5.91 Å². The van der Waals surface area contributed by atoms with Gasteiger partial charge in [-0.15, -0.1) is 0 Å². The Balaban J connectivity index is 1.47. The van der Waals surface area contributed by atoms with Crippen LogP contribution in [0, 0.1) is 11.3 Å². The molecule has 2 saturated heterocycles. The van der Waals surface area contributed by atoms with Crippen molar-refractivity contribution in [3.8, 4) is 0 Å². The van der Waals surface area contributed by atoms with Crippen LogP contribution in [0.4, 0.5) is 0 Å². The minimum atomic E-state index is -0.750. The lowest BCUT2D eigenvalue weighted by Crippen LogP contribution is -2.43. The lowest BCUT2D eigenvalue weighted by atomic mass is 9.85. The summed E-state index contributed by atoms with van der Waals surface area (Å²) in [4.78, 5) is 23.6. The molecule has 3 fully saturated rings. The predicted molar refractivity (Wildman–Crippen MR) is 78.8 cm³/mol. The normalized spacial score (nSPS) is 33.8. The fourth-order valence-corrected chi connectivity index (χ4v) is 4.46. The van der Waals surface area contributed by atoms with E-state index in [9.17, 15) is 14.7 Å². The van der Waals surface area contributed by atoms with Crippen LogP contribution in [0.1, 0.15) is 57.8 Å². The Kier molecular flexibility index (Phi) is 4.20. The fraction of sp³-hybridized carbons (Fsp3) is 0.875. The van der Waals surface area contributed by atoms with Crippen LogP contribution in [0.3, 0.4) is 0 Å². The van der Waals surface area contributed by atoms with Crippen molar-refractivity contribution in [2.24, 2.45) is 11.3 Å². The van der Waals surface area contributed by atoms with Crippen molar-refractivity contribution in [1.29, 1.82) is 0 Å². The van der Waals surface area contributed by atoms with E-state index in [0.29, 0.717) is 43.8 Å². The molecule has 118 valence electrons. The third-order valence-electron chi connectivity index (χ3n) is 5.68. The van der Waals surface area contributed by atoms with E-state index in [2.05, 4.69) is 10.6 Å². The molecule has 5 heteroatoms. The van der Waals surface area contributed by atoms with Gasteiger partial charge in [-0.3, -0.25) is 9.59 Å². The van der Waals surface area contributed by atoms with Gasteiger partial charge in [0.15, 0.2) is 0 Å². The number of hydrogen-bond donors (Lipinski definition) is 3. The van der Waals surface area contributed by atoms with Gasteiger partial charge in [-0.25, -0.2) is 0 Å². The lowest BCUT2D eigenvalue weighted by Gasteiger charge is -2.29. The molecule has 3 aliphatic rings. The average molecular weight is 294 g/mol. The number of carboxylic acids is 1. The summed E-state index contributed by atoms with van der Waals surface area (Å²) in [7, 11) is 0. The van der Waals surface area contributed by atoms with Gasteiger partial charge in [-0.1, -0.05) is 12.8 Å². The Labute approximate surface area is 125 Å². The van der Waals surface area contributed by atoms with Crippen molar-refractivity contribution in [1.82, 2.24) is 10.6 Å². The second kappa shape index (κ2) is 5.95. The highest BCUT2D eigenvalue weighted by Gasteiger charge is 2.41. The van der Waals surface area contributed by atoms with Gasteiger partial charge in [0.1, 0.15) is 0 Å². The summed E-state index contributed by atoms with van der Waals surface area (Å²) in [6, 6.07) is 1.20. The number of rotatable bonds is 5. The third-order valence-corrected chi connectivity index (χ3v) is 5.68. The quantitative estimate of drug-likeness (QED) is 0.720. The van der Waals surface area contributed by atoms with Gasteiger partial charge in [0, 0.05) is 25.0 Å². The molecule has 2 aliphatic heterocycles. The number of amides is 1. The highest BCUT2D eigenvalue weighted by atomic mass is 16.4. The standard InChI is InChI=1S/C16H26N2O3/c19-14(9-11-7-12-3-4-13(8-11)18-12)17-10-16(15(20)21)5-1-2-6-16/h11-13,18H,1-10H2,(H,17,19)(H,20,21). The van der Waals surface area contributed by atoms with E-state index in [-0.39, 0.29) is 5.91 Å². The van der Waals surface area contributed by atoms with Gasteiger partial charge >= 0.3 is 5.97 Å². The van der Waals surface area contributed by atoms with E-state index >= 15 is 0 Å². The topological polar surface area (TPSA) is 78.4 Å². The van der Waals surface area contributed by atoms with E-state index in [4.69, 9.17) is 0 Å². The fourth-order valence-electron chi connectivity index (χ4n) is 4.46. The van der Waals surface area contributed by atoms with Gasteiger partial charge in [0.05, 0.1) is 5.41 Å². The molecule has 1 saturated carbocycles. The van der Waals surface area contributed by atoms with Gasteiger partial charge in [-0.05, 0) is 44.4 Å². The molecular weight excluding hydrogens is 268 g/mol. The first-order valence-electron chi connectivity index (χ1n) is 8.33. The van der Waals surface area contributed by atoms with Gasteiger partial charge < -0.3 is 15.7 Å². The van der Waals surface area contributed by atoms with E-state index in [1.54, 1.807) is 0 Å². The third kappa shape index (κ3) is 3.23. The Morgan fingerprint density at radius 3 is 2.33 bits per heavy atom. The lowest BCUT2D eigenvalue weighted by molar-refractivity contribution is -0.148. The molecule has 0 aromatic carbocycles. The molecule has 0 radical (unpaired) electrons. The molecule has 2 atom stereocenters. The van der Waals surface area contributed by atoms with Gasteiger partial charge in [-0.2, -0.15) is 0 Å². The zero-order valence-corrected chi connectivity index (χ0v) is 12.6. The van der Waals surface area contributed by atoms with Crippen molar-refractivity contribution in [3.63, 3.8) is 0 Å². The number of carboxylic acid groups (broad SMARTS) is 1. The van der Waals surface area contributed by atoms with Crippen LogP contribution in [-0.2, 0) is 9.59 Å². The van der Waals surface area contributed by atoms with Gasteiger partial charge in [0.25, 0.3) is 0 Å². The SMILES string of the molecule is O=C(CC1CC2CCC(C1)N2)NCC1(C(=O)O)CCCC1. The Morgan fingerprint density at radius 1 is 1.14 bits per heavy atom. The monoisotopic (exact) mass is 294 g/mol. The van der Waals surface area contributed by atoms with Crippen molar-refractivity contribution >= 4 is 11.9 Å². The maximum Gasteiger partial charge on any atom is 0.311 e. The first kappa shape index (κ1) is 14.8. The van der Waals surface area contributed by atoms with Crippen molar-refractivity contribution < 1.29 is 14.7 Å². The first-order chi connectivity index (χ1) is 10.1. The number of piperidine rings is 1. The highest BCUT2D eigenvalue weighted by Crippen LogP contribution is 2.38. The van der Waals surface area contributed by atoms with Crippen LogP contribution < -0.4 is 10.6 Å². The molecule has 21 heavy (non-hydrogen) atoms. The maximum atomic E-state index is 12.1. The number of carbonyl (C=O) groups is 2. The van der Waals surface area contributed by atoms with Crippen LogP contribution in [0.25, 0.3) is 0 Å². The summed E-state index contributed by atoms with van der Waals surface area (Å²) in [5, 5.41) is 15.9. The number of carbonyl (C=O) groups excluding carboxylic acids is 1. The smallest absolute Gasteiger partial charge is 0.311 e.